The smallest absolute Gasteiger partial charge is 0.229 e. The summed E-state index contributed by atoms with van der Waals surface area (Å²) in [5.41, 5.74) is 2.24. The van der Waals surface area contributed by atoms with Crippen molar-refractivity contribution in [3.05, 3.63) is 58.0 Å². The number of carbonyl (C=O) groups excluding carboxylic acids is 1. The lowest BCUT2D eigenvalue weighted by Gasteiger charge is -2.31. The molecule has 3 aromatic rings. The first-order valence-electron chi connectivity index (χ1n) is 10.3. The van der Waals surface area contributed by atoms with Crippen LogP contribution in [0.2, 0.25) is 5.02 Å². The zero-order chi connectivity index (χ0) is 22.0. The minimum atomic E-state index is -0.110. The minimum Gasteiger partial charge on any atom is -0.310 e. The van der Waals surface area contributed by atoms with Gasteiger partial charge < -0.3 is 9.88 Å². The highest BCUT2D eigenvalue weighted by Crippen LogP contribution is 2.21. The number of hydrogen-bond acceptors (Lipinski definition) is 5. The number of carbonyl (C=O) groups is 1. The van der Waals surface area contributed by atoms with Gasteiger partial charge in [-0.2, -0.15) is 5.10 Å². The summed E-state index contributed by atoms with van der Waals surface area (Å²) in [6.07, 6.45) is 3.31. The molecular formula is C22H25ClN6OS. The van der Waals surface area contributed by atoms with Gasteiger partial charge in [-0.25, -0.2) is 9.67 Å². The number of aryl methyl sites for hydroxylation is 1. The van der Waals surface area contributed by atoms with E-state index in [4.69, 9.17) is 28.9 Å². The van der Waals surface area contributed by atoms with Crippen LogP contribution in [-0.2, 0) is 18.5 Å². The first-order chi connectivity index (χ1) is 14.9. The second-order valence-electron chi connectivity index (χ2n) is 7.94. The SMILES string of the molecule is Cc1ccc(-c2nn(CN3CCC[C@@H](C(=O)Nc4ccc(Cl)cn4)C3)c(=S)n2C)cc1. The van der Waals surface area contributed by atoms with Crippen molar-refractivity contribution in [3.63, 3.8) is 0 Å². The summed E-state index contributed by atoms with van der Waals surface area (Å²) in [5, 5.41) is 8.19. The van der Waals surface area contributed by atoms with Gasteiger partial charge in [0.25, 0.3) is 0 Å². The fourth-order valence-electron chi connectivity index (χ4n) is 3.80. The summed E-state index contributed by atoms with van der Waals surface area (Å²) < 4.78 is 4.43. The van der Waals surface area contributed by atoms with Crippen molar-refractivity contribution < 1.29 is 4.79 Å². The molecule has 4 rings (SSSR count). The van der Waals surface area contributed by atoms with Gasteiger partial charge in [0.2, 0.25) is 5.91 Å². The van der Waals surface area contributed by atoms with E-state index >= 15 is 0 Å². The number of hydrogen-bond donors (Lipinski definition) is 1. The maximum Gasteiger partial charge on any atom is 0.229 e. The van der Waals surface area contributed by atoms with Crippen molar-refractivity contribution in [2.24, 2.45) is 13.0 Å². The van der Waals surface area contributed by atoms with Crippen LogP contribution in [0.25, 0.3) is 11.4 Å². The zero-order valence-electron chi connectivity index (χ0n) is 17.6. The minimum absolute atomic E-state index is 0.0236. The molecule has 1 saturated heterocycles. The molecule has 0 radical (unpaired) electrons. The fraction of sp³-hybridized carbons (Fsp3) is 0.364. The highest BCUT2D eigenvalue weighted by molar-refractivity contribution is 7.71. The molecule has 1 N–H and O–H groups in total. The van der Waals surface area contributed by atoms with E-state index in [-0.39, 0.29) is 11.8 Å². The molecule has 162 valence electrons. The number of amides is 1. The van der Waals surface area contributed by atoms with Gasteiger partial charge in [-0.05, 0) is 50.7 Å². The highest BCUT2D eigenvalue weighted by atomic mass is 35.5. The van der Waals surface area contributed by atoms with Crippen LogP contribution in [0.15, 0.2) is 42.6 Å². The molecule has 1 atom stereocenters. The Kier molecular flexibility index (Phi) is 6.50. The molecule has 2 aromatic heterocycles. The van der Waals surface area contributed by atoms with E-state index in [1.807, 2.05) is 16.3 Å². The Morgan fingerprint density at radius 2 is 2.03 bits per heavy atom. The summed E-state index contributed by atoms with van der Waals surface area (Å²) in [6, 6.07) is 11.7. The van der Waals surface area contributed by atoms with Gasteiger partial charge in [0.1, 0.15) is 5.82 Å². The maximum atomic E-state index is 12.7. The van der Waals surface area contributed by atoms with Gasteiger partial charge in [0.15, 0.2) is 10.6 Å². The second-order valence-corrected chi connectivity index (χ2v) is 8.74. The molecule has 9 heteroatoms. The molecule has 1 amide bonds. The van der Waals surface area contributed by atoms with Gasteiger partial charge in [-0.1, -0.05) is 41.4 Å². The van der Waals surface area contributed by atoms with Gasteiger partial charge in [0.05, 0.1) is 17.6 Å². The van der Waals surface area contributed by atoms with Crippen LogP contribution in [0.4, 0.5) is 5.82 Å². The molecule has 1 aliphatic rings. The van der Waals surface area contributed by atoms with E-state index in [9.17, 15) is 4.79 Å². The van der Waals surface area contributed by atoms with Crippen molar-refractivity contribution in [1.29, 1.82) is 0 Å². The monoisotopic (exact) mass is 456 g/mol. The molecule has 1 aliphatic heterocycles. The Morgan fingerprint density at radius 1 is 1.26 bits per heavy atom. The Hall–Kier alpha value is -2.55. The van der Waals surface area contributed by atoms with Crippen molar-refractivity contribution in [2.75, 3.05) is 18.4 Å². The third-order valence-electron chi connectivity index (χ3n) is 5.54. The number of pyridine rings is 1. The summed E-state index contributed by atoms with van der Waals surface area (Å²) in [5.74, 6) is 1.22. The Balaban J connectivity index is 1.44. The van der Waals surface area contributed by atoms with Gasteiger partial charge >= 0.3 is 0 Å². The standard InChI is InChI=1S/C22H25ClN6OS/c1-15-5-7-16(8-6-15)20-26-29(22(31)27(20)2)14-28-11-3-4-17(13-28)21(30)25-19-10-9-18(23)12-24-19/h5-10,12,17H,3-4,11,13-14H2,1-2H3,(H,24,25,30)/t17-/m1/s1. The van der Waals surface area contributed by atoms with Crippen LogP contribution in [-0.4, -0.2) is 43.2 Å². The molecule has 0 unspecified atom stereocenters. The van der Waals surface area contributed by atoms with Crippen LogP contribution in [0.1, 0.15) is 18.4 Å². The molecule has 7 nitrogen and oxygen atoms in total. The lowest BCUT2D eigenvalue weighted by molar-refractivity contribution is -0.121. The van der Waals surface area contributed by atoms with Crippen molar-refractivity contribution in [2.45, 2.75) is 26.4 Å². The van der Waals surface area contributed by atoms with E-state index in [1.54, 1.807) is 12.1 Å². The molecule has 3 heterocycles. The molecule has 1 fully saturated rings. The quantitative estimate of drug-likeness (QED) is 0.580. The van der Waals surface area contributed by atoms with E-state index in [2.05, 4.69) is 46.4 Å². The van der Waals surface area contributed by atoms with E-state index in [0.717, 1.165) is 30.8 Å². The topological polar surface area (TPSA) is 68.0 Å². The van der Waals surface area contributed by atoms with E-state index < -0.39 is 0 Å². The molecule has 0 saturated carbocycles. The number of anilines is 1. The van der Waals surface area contributed by atoms with Crippen LogP contribution in [0.5, 0.6) is 0 Å². The lowest BCUT2D eigenvalue weighted by Crippen LogP contribution is -2.41. The van der Waals surface area contributed by atoms with Crippen LogP contribution in [0.3, 0.4) is 0 Å². The van der Waals surface area contributed by atoms with Crippen LogP contribution < -0.4 is 5.32 Å². The number of likely N-dealkylation sites (tertiary alicyclic amines) is 1. The Morgan fingerprint density at radius 3 is 2.74 bits per heavy atom. The van der Waals surface area contributed by atoms with Gasteiger partial charge in [-0.3, -0.25) is 9.69 Å². The largest absolute Gasteiger partial charge is 0.310 e. The molecule has 0 spiro atoms. The third-order valence-corrected chi connectivity index (χ3v) is 6.25. The molecular weight excluding hydrogens is 432 g/mol. The van der Waals surface area contributed by atoms with E-state index in [1.165, 1.54) is 11.8 Å². The third kappa shape index (κ3) is 5.03. The van der Waals surface area contributed by atoms with Crippen molar-refractivity contribution in [3.8, 4) is 11.4 Å². The number of aromatic nitrogens is 4. The number of piperidine rings is 1. The van der Waals surface area contributed by atoms with Crippen LogP contribution in [0, 0.1) is 17.6 Å². The predicted molar refractivity (Wildman–Crippen MR) is 124 cm³/mol. The summed E-state index contributed by atoms with van der Waals surface area (Å²) in [7, 11) is 1.94. The predicted octanol–water partition coefficient (Wildman–Crippen LogP) is 4.28. The number of benzene rings is 1. The zero-order valence-corrected chi connectivity index (χ0v) is 19.2. The highest BCUT2D eigenvalue weighted by Gasteiger charge is 2.27. The second kappa shape index (κ2) is 9.30. The molecule has 0 bridgehead atoms. The summed E-state index contributed by atoms with van der Waals surface area (Å²) >= 11 is 11.5. The Bertz CT molecular complexity index is 1120. The van der Waals surface area contributed by atoms with Gasteiger partial charge in [0, 0.05) is 25.4 Å². The first-order valence-corrected chi connectivity index (χ1v) is 11.0. The molecule has 31 heavy (non-hydrogen) atoms. The number of nitrogens with one attached hydrogen (secondary N) is 1. The maximum absolute atomic E-state index is 12.7. The van der Waals surface area contributed by atoms with Gasteiger partial charge in [-0.15, -0.1) is 0 Å². The fourth-order valence-corrected chi connectivity index (χ4v) is 4.10. The number of rotatable bonds is 5. The van der Waals surface area contributed by atoms with Crippen LogP contribution >= 0.6 is 23.8 Å². The first kappa shape index (κ1) is 21.7. The summed E-state index contributed by atoms with van der Waals surface area (Å²) in [6.45, 7) is 4.17. The average Bonchev–Trinajstić information content (AvgIpc) is 3.04. The Labute approximate surface area is 191 Å². The summed E-state index contributed by atoms with van der Waals surface area (Å²) in [4.78, 5) is 19.1. The number of halogens is 1. The van der Waals surface area contributed by atoms with Crippen molar-refractivity contribution in [1.82, 2.24) is 24.2 Å². The number of nitrogens with zero attached hydrogens (tertiary/aromatic N) is 5. The van der Waals surface area contributed by atoms with E-state index in [0.29, 0.717) is 28.8 Å². The van der Waals surface area contributed by atoms with Crippen molar-refractivity contribution >= 4 is 35.5 Å². The normalized spacial score (nSPS) is 16.9. The average molecular weight is 457 g/mol. The molecule has 0 aliphatic carbocycles. The lowest BCUT2D eigenvalue weighted by atomic mass is 9.97. The molecule has 1 aromatic carbocycles.